The quantitative estimate of drug-likeness (QED) is 0.398. The van der Waals surface area contributed by atoms with Crippen LogP contribution in [0.5, 0.6) is 0 Å². The van der Waals surface area contributed by atoms with Crippen LogP contribution in [-0.4, -0.2) is 22.5 Å². The fourth-order valence-corrected chi connectivity index (χ4v) is 4.23. The van der Waals surface area contributed by atoms with Gasteiger partial charge in [-0.25, -0.2) is 14.2 Å². The van der Waals surface area contributed by atoms with Crippen molar-refractivity contribution < 1.29 is 13.6 Å². The minimum atomic E-state index is -0.277. The molecule has 1 fully saturated rings. The van der Waals surface area contributed by atoms with E-state index in [0.717, 1.165) is 29.7 Å². The molecule has 1 aliphatic rings. The molecule has 5 nitrogen and oxygen atoms in total. The molecule has 0 aliphatic carbocycles. The van der Waals surface area contributed by atoms with Gasteiger partial charge in [-0.1, -0.05) is 30.3 Å². The van der Waals surface area contributed by atoms with Gasteiger partial charge in [0.05, 0.1) is 0 Å². The molecule has 0 saturated carbocycles. The van der Waals surface area contributed by atoms with Gasteiger partial charge in [-0.15, -0.1) is 0 Å². The largest absolute Gasteiger partial charge is 0.438 e. The number of amides is 2. The van der Waals surface area contributed by atoms with Crippen LogP contribution in [0.3, 0.4) is 0 Å². The number of carbonyl (C=O) groups excluding carboxylic acids is 1. The summed E-state index contributed by atoms with van der Waals surface area (Å²) in [5.74, 6) is 0.235. The van der Waals surface area contributed by atoms with E-state index in [1.165, 1.54) is 11.6 Å². The first-order valence-electron chi connectivity index (χ1n) is 10.8. The van der Waals surface area contributed by atoms with E-state index in [-0.39, 0.29) is 17.9 Å². The Morgan fingerprint density at radius 3 is 2.75 bits per heavy atom. The molecule has 0 unspecified atom stereocenters. The number of fused-ring (bicyclic) bond motifs is 1. The molecule has 162 valence electrons. The maximum Gasteiger partial charge on any atom is 0.322 e. The molecule has 32 heavy (non-hydrogen) atoms. The van der Waals surface area contributed by atoms with Crippen molar-refractivity contribution in [2.24, 2.45) is 0 Å². The third kappa shape index (κ3) is 3.73. The number of urea groups is 1. The van der Waals surface area contributed by atoms with Crippen molar-refractivity contribution in [3.63, 3.8) is 0 Å². The summed E-state index contributed by atoms with van der Waals surface area (Å²) in [7, 11) is 0. The van der Waals surface area contributed by atoms with Crippen molar-refractivity contribution >= 4 is 22.8 Å². The minimum absolute atomic E-state index is 0.162. The zero-order valence-electron chi connectivity index (χ0n) is 18.1. The van der Waals surface area contributed by atoms with Gasteiger partial charge < -0.3 is 14.6 Å². The molecule has 6 heteroatoms. The summed E-state index contributed by atoms with van der Waals surface area (Å²) in [6.45, 7) is 4.71. The first kappa shape index (κ1) is 20.2. The predicted octanol–water partition coefficient (Wildman–Crippen LogP) is 6.62. The summed E-state index contributed by atoms with van der Waals surface area (Å²) in [6, 6.07) is 17.6. The van der Waals surface area contributed by atoms with Crippen LogP contribution in [0.15, 0.2) is 65.1 Å². The van der Waals surface area contributed by atoms with Crippen LogP contribution in [0, 0.1) is 19.7 Å². The van der Waals surface area contributed by atoms with E-state index in [4.69, 9.17) is 4.42 Å². The lowest BCUT2D eigenvalue weighted by Gasteiger charge is -2.22. The molecular formula is C26H24FN3O2. The molecule has 0 radical (unpaired) electrons. The van der Waals surface area contributed by atoms with E-state index in [1.54, 1.807) is 23.1 Å². The number of hydrogen-bond donors (Lipinski definition) is 1. The van der Waals surface area contributed by atoms with Gasteiger partial charge in [0.2, 0.25) is 5.89 Å². The second kappa shape index (κ2) is 8.11. The van der Waals surface area contributed by atoms with Gasteiger partial charge in [0.1, 0.15) is 17.4 Å². The van der Waals surface area contributed by atoms with Crippen molar-refractivity contribution in [2.45, 2.75) is 32.7 Å². The number of anilines is 1. The molecule has 3 aromatic carbocycles. The number of halogens is 1. The minimum Gasteiger partial charge on any atom is -0.438 e. The molecule has 0 spiro atoms. The first-order chi connectivity index (χ1) is 15.5. The van der Waals surface area contributed by atoms with Crippen molar-refractivity contribution in [3.05, 3.63) is 83.5 Å². The molecule has 1 atom stereocenters. The molecule has 1 N–H and O–H groups in total. The lowest BCUT2D eigenvalue weighted by molar-refractivity contribution is 0.199. The number of hydrogen-bond acceptors (Lipinski definition) is 3. The highest BCUT2D eigenvalue weighted by atomic mass is 19.1. The second-order valence-electron chi connectivity index (χ2n) is 8.30. The van der Waals surface area contributed by atoms with Crippen molar-refractivity contribution in [1.82, 2.24) is 9.88 Å². The smallest absolute Gasteiger partial charge is 0.322 e. The molecule has 1 aromatic heterocycles. The van der Waals surface area contributed by atoms with E-state index in [1.807, 2.05) is 50.2 Å². The number of nitrogens with one attached hydrogen (secondary N) is 1. The Morgan fingerprint density at radius 2 is 1.94 bits per heavy atom. The van der Waals surface area contributed by atoms with Gasteiger partial charge in [-0.2, -0.15) is 0 Å². The molecule has 1 saturated heterocycles. The molecule has 2 heterocycles. The summed E-state index contributed by atoms with van der Waals surface area (Å²) in [5.41, 5.74) is 5.63. The molecule has 5 rings (SSSR count). The average Bonchev–Trinajstić information content (AvgIpc) is 3.43. The van der Waals surface area contributed by atoms with Gasteiger partial charge in [0.25, 0.3) is 0 Å². The summed E-state index contributed by atoms with van der Waals surface area (Å²) >= 11 is 0. The Bertz CT molecular complexity index is 1310. The van der Waals surface area contributed by atoms with Crippen LogP contribution in [0.2, 0.25) is 0 Å². The summed E-state index contributed by atoms with van der Waals surface area (Å²) in [4.78, 5) is 19.4. The van der Waals surface area contributed by atoms with Gasteiger partial charge in [0, 0.05) is 17.8 Å². The van der Waals surface area contributed by atoms with Crippen molar-refractivity contribution in [2.75, 3.05) is 11.9 Å². The van der Waals surface area contributed by atoms with E-state index in [2.05, 4.69) is 10.3 Å². The molecule has 2 amide bonds. The van der Waals surface area contributed by atoms with Gasteiger partial charge in [-0.05, 0) is 73.7 Å². The topological polar surface area (TPSA) is 58.4 Å². The lowest BCUT2D eigenvalue weighted by Crippen LogP contribution is -2.34. The molecule has 0 bridgehead atoms. The third-order valence-corrected chi connectivity index (χ3v) is 6.15. The second-order valence-corrected chi connectivity index (χ2v) is 8.30. The molecular weight excluding hydrogens is 405 g/mol. The first-order valence-corrected chi connectivity index (χ1v) is 10.8. The number of aromatic nitrogens is 1. The summed E-state index contributed by atoms with van der Waals surface area (Å²) in [5, 5.41) is 3.00. The van der Waals surface area contributed by atoms with Crippen LogP contribution in [0.4, 0.5) is 14.9 Å². The highest BCUT2D eigenvalue weighted by Gasteiger charge is 2.33. The van der Waals surface area contributed by atoms with Gasteiger partial charge >= 0.3 is 6.03 Å². The lowest BCUT2D eigenvalue weighted by atomic mass is 10.0. The standard InChI is InChI=1S/C26H24FN3O2/c1-16-9-11-19(14-17(16)2)28-26(31)30-13-5-8-23(30)25-29-22-15-18(10-12-24(22)32-25)20-6-3-4-7-21(20)27/h3-4,6-7,9-12,14-15,23H,5,8,13H2,1-2H3,(H,28,31)/t23-/m1/s1. The Hall–Kier alpha value is -3.67. The zero-order valence-corrected chi connectivity index (χ0v) is 18.1. The normalized spacial score (nSPS) is 16.0. The molecule has 1 aliphatic heterocycles. The van der Waals surface area contributed by atoms with Gasteiger partial charge in [-0.3, -0.25) is 0 Å². The van der Waals surface area contributed by atoms with Crippen LogP contribution in [-0.2, 0) is 0 Å². The maximum absolute atomic E-state index is 14.2. The van der Waals surface area contributed by atoms with E-state index in [9.17, 15) is 9.18 Å². The summed E-state index contributed by atoms with van der Waals surface area (Å²) in [6.07, 6.45) is 1.66. The zero-order chi connectivity index (χ0) is 22.2. The number of oxazole rings is 1. The monoisotopic (exact) mass is 429 g/mol. The number of benzene rings is 3. The summed E-state index contributed by atoms with van der Waals surface area (Å²) < 4.78 is 20.2. The van der Waals surface area contributed by atoms with Crippen LogP contribution >= 0.6 is 0 Å². The van der Waals surface area contributed by atoms with E-state index in [0.29, 0.717) is 29.1 Å². The Labute approximate surface area is 185 Å². The predicted molar refractivity (Wildman–Crippen MR) is 123 cm³/mol. The van der Waals surface area contributed by atoms with E-state index < -0.39 is 0 Å². The maximum atomic E-state index is 14.2. The highest BCUT2D eigenvalue weighted by Crippen LogP contribution is 2.35. The Kier molecular flexibility index (Phi) is 5.13. The number of nitrogens with zero attached hydrogens (tertiary/aromatic N) is 2. The number of aryl methyl sites for hydroxylation is 2. The van der Waals surface area contributed by atoms with Crippen LogP contribution < -0.4 is 5.32 Å². The molecule has 4 aromatic rings. The Morgan fingerprint density at radius 1 is 1.09 bits per heavy atom. The van der Waals surface area contributed by atoms with Crippen molar-refractivity contribution in [1.29, 1.82) is 0 Å². The van der Waals surface area contributed by atoms with Crippen molar-refractivity contribution in [3.8, 4) is 11.1 Å². The number of carbonyl (C=O) groups is 1. The fraction of sp³-hybridized carbons (Fsp3) is 0.231. The van der Waals surface area contributed by atoms with Crippen LogP contribution in [0.1, 0.15) is 35.9 Å². The highest BCUT2D eigenvalue weighted by molar-refractivity contribution is 5.90. The number of likely N-dealkylation sites (tertiary alicyclic amines) is 1. The van der Waals surface area contributed by atoms with Gasteiger partial charge in [0.15, 0.2) is 5.58 Å². The third-order valence-electron chi connectivity index (χ3n) is 6.15. The Balaban J connectivity index is 1.40. The number of rotatable bonds is 3. The fourth-order valence-electron chi connectivity index (χ4n) is 4.23. The SMILES string of the molecule is Cc1ccc(NC(=O)N2CCC[C@@H]2c2nc3cc(-c4ccccc4F)ccc3o2)cc1C. The van der Waals surface area contributed by atoms with Crippen LogP contribution in [0.25, 0.3) is 22.2 Å². The van der Waals surface area contributed by atoms with E-state index >= 15 is 0 Å². The average molecular weight is 429 g/mol.